The van der Waals surface area contributed by atoms with Crippen molar-refractivity contribution >= 4 is 6.03 Å². The summed E-state index contributed by atoms with van der Waals surface area (Å²) in [7, 11) is 0. The number of nitrogens with one attached hydrogen (secondary N) is 2. The van der Waals surface area contributed by atoms with E-state index in [4.69, 9.17) is 9.84 Å². The van der Waals surface area contributed by atoms with Crippen molar-refractivity contribution in [3.63, 3.8) is 0 Å². The minimum atomic E-state index is -0.434. The van der Waals surface area contributed by atoms with Crippen LogP contribution in [0.3, 0.4) is 0 Å². The van der Waals surface area contributed by atoms with Crippen LogP contribution in [0.1, 0.15) is 13.3 Å². The summed E-state index contributed by atoms with van der Waals surface area (Å²) in [6.45, 7) is 2.64. The molecule has 0 saturated heterocycles. The lowest BCUT2D eigenvalue weighted by Crippen LogP contribution is -2.38. The first-order valence-electron chi connectivity index (χ1n) is 6.16. The smallest absolute Gasteiger partial charge is 0.314 e. The molecule has 0 bridgehead atoms. The van der Waals surface area contributed by atoms with Gasteiger partial charge in [0, 0.05) is 12.6 Å². The summed E-state index contributed by atoms with van der Waals surface area (Å²) in [6.07, 6.45) is 0.0735. The Labute approximate surface area is 111 Å². The Balaban J connectivity index is 2.08. The molecule has 0 aliphatic carbocycles. The topological polar surface area (TPSA) is 70.6 Å². The van der Waals surface area contributed by atoms with Crippen LogP contribution in [0.2, 0.25) is 0 Å². The van der Waals surface area contributed by atoms with Gasteiger partial charge in [0.05, 0.1) is 12.6 Å². The number of carbonyl (C=O) groups excluding carboxylic acids is 1. The number of benzene rings is 1. The highest BCUT2D eigenvalue weighted by Gasteiger charge is 2.01. The van der Waals surface area contributed by atoms with Crippen LogP contribution in [0.15, 0.2) is 24.3 Å². The molecular weight excluding hydrogens is 251 g/mol. The van der Waals surface area contributed by atoms with Crippen LogP contribution in [-0.2, 0) is 0 Å². The predicted molar refractivity (Wildman–Crippen MR) is 69.6 cm³/mol. The lowest BCUT2D eigenvalue weighted by molar-refractivity contribution is 0.183. The van der Waals surface area contributed by atoms with Gasteiger partial charge >= 0.3 is 6.03 Å². The minimum absolute atomic E-state index is 0.257. The zero-order valence-electron chi connectivity index (χ0n) is 10.9. The molecule has 5 nitrogen and oxygen atoms in total. The Morgan fingerprint density at radius 1 is 1.42 bits per heavy atom. The molecule has 6 heteroatoms. The van der Waals surface area contributed by atoms with E-state index in [1.165, 1.54) is 12.1 Å². The first-order chi connectivity index (χ1) is 9.08. The number of ether oxygens (including phenoxy) is 1. The molecule has 0 heterocycles. The van der Waals surface area contributed by atoms with Crippen molar-refractivity contribution in [1.29, 1.82) is 0 Å². The third kappa shape index (κ3) is 7.25. The Hall–Kier alpha value is -1.82. The Bertz CT molecular complexity index is 399. The normalized spacial score (nSPS) is 11.7. The van der Waals surface area contributed by atoms with Gasteiger partial charge in [-0.15, -0.1) is 0 Å². The van der Waals surface area contributed by atoms with Crippen LogP contribution < -0.4 is 15.4 Å². The third-order valence-electron chi connectivity index (χ3n) is 2.30. The van der Waals surface area contributed by atoms with Gasteiger partial charge in [0.2, 0.25) is 0 Å². The van der Waals surface area contributed by atoms with E-state index >= 15 is 0 Å². The molecule has 0 aliphatic rings. The van der Waals surface area contributed by atoms with Gasteiger partial charge < -0.3 is 20.5 Å². The molecule has 0 aromatic heterocycles. The van der Waals surface area contributed by atoms with Crippen LogP contribution in [0.5, 0.6) is 5.75 Å². The molecule has 19 heavy (non-hydrogen) atoms. The number of amides is 2. The molecule has 1 atom stereocenters. The zero-order chi connectivity index (χ0) is 14.1. The number of hydrogen-bond donors (Lipinski definition) is 3. The van der Waals surface area contributed by atoms with Crippen molar-refractivity contribution < 1.29 is 19.0 Å². The summed E-state index contributed by atoms with van der Waals surface area (Å²) in [5, 5.41) is 14.2. The second-order valence-electron chi connectivity index (χ2n) is 4.13. The largest absolute Gasteiger partial charge is 0.492 e. The average Bonchev–Trinajstić information content (AvgIpc) is 2.34. The van der Waals surface area contributed by atoms with Gasteiger partial charge in [-0.2, -0.15) is 0 Å². The molecule has 1 aromatic carbocycles. The van der Waals surface area contributed by atoms with Crippen LogP contribution >= 0.6 is 0 Å². The fraction of sp³-hybridized carbons (Fsp3) is 0.462. The van der Waals surface area contributed by atoms with Crippen LogP contribution in [0.25, 0.3) is 0 Å². The van der Waals surface area contributed by atoms with E-state index in [0.717, 1.165) is 0 Å². The molecular formula is C13H19FN2O3. The maximum atomic E-state index is 12.8. The summed E-state index contributed by atoms with van der Waals surface area (Å²) in [5.41, 5.74) is 0. The van der Waals surface area contributed by atoms with E-state index in [1.807, 2.05) is 0 Å². The number of aliphatic hydroxyl groups excluding tert-OH is 1. The fourth-order valence-electron chi connectivity index (χ4n) is 1.35. The molecule has 2 amide bonds. The number of hydrogen-bond acceptors (Lipinski definition) is 3. The van der Waals surface area contributed by atoms with E-state index in [0.29, 0.717) is 25.3 Å². The van der Waals surface area contributed by atoms with Crippen molar-refractivity contribution in [2.75, 3.05) is 19.7 Å². The van der Waals surface area contributed by atoms with Gasteiger partial charge in [0.1, 0.15) is 18.2 Å². The second-order valence-corrected chi connectivity index (χ2v) is 4.13. The molecule has 1 rings (SSSR count). The van der Waals surface area contributed by atoms with E-state index in [9.17, 15) is 9.18 Å². The fourth-order valence-corrected chi connectivity index (χ4v) is 1.35. The van der Waals surface area contributed by atoms with Crippen molar-refractivity contribution in [3.8, 4) is 5.75 Å². The summed E-state index contributed by atoms with van der Waals surface area (Å²) in [6, 6.07) is 5.50. The first kappa shape index (κ1) is 15.2. The van der Waals surface area contributed by atoms with Gasteiger partial charge in [0.25, 0.3) is 0 Å². The number of carbonyl (C=O) groups is 1. The van der Waals surface area contributed by atoms with E-state index < -0.39 is 6.10 Å². The maximum Gasteiger partial charge on any atom is 0.314 e. The quantitative estimate of drug-likeness (QED) is 0.654. The number of aliphatic hydroxyl groups is 1. The summed E-state index contributed by atoms with van der Waals surface area (Å²) in [5.74, 6) is 0.0673. The van der Waals surface area contributed by atoms with Gasteiger partial charge in [-0.05, 0) is 25.5 Å². The zero-order valence-corrected chi connectivity index (χ0v) is 10.9. The first-order valence-corrected chi connectivity index (χ1v) is 6.16. The molecule has 0 radical (unpaired) electrons. The maximum absolute atomic E-state index is 12.8. The molecule has 3 N–H and O–H groups in total. The van der Waals surface area contributed by atoms with Gasteiger partial charge in [0.15, 0.2) is 0 Å². The standard InChI is InChI=1S/C13H19FN2O3/c1-10(17)5-6-15-13(18)16-7-8-19-12-4-2-3-11(14)9-12/h2-4,9-10,17H,5-8H2,1H3,(H2,15,16,18). The van der Waals surface area contributed by atoms with Crippen LogP contribution in [-0.4, -0.2) is 36.9 Å². The average molecular weight is 270 g/mol. The SMILES string of the molecule is CC(O)CCNC(=O)NCCOc1cccc(F)c1. The van der Waals surface area contributed by atoms with E-state index in [2.05, 4.69) is 10.6 Å². The minimum Gasteiger partial charge on any atom is -0.492 e. The number of urea groups is 1. The monoisotopic (exact) mass is 270 g/mol. The van der Waals surface area contributed by atoms with E-state index in [-0.39, 0.29) is 18.5 Å². The molecule has 106 valence electrons. The molecule has 0 saturated carbocycles. The summed E-state index contributed by atoms with van der Waals surface area (Å²) < 4.78 is 18.1. The summed E-state index contributed by atoms with van der Waals surface area (Å²) >= 11 is 0. The highest BCUT2D eigenvalue weighted by atomic mass is 19.1. The molecule has 1 aromatic rings. The third-order valence-corrected chi connectivity index (χ3v) is 2.30. The summed E-state index contributed by atoms with van der Waals surface area (Å²) in [4.78, 5) is 11.3. The van der Waals surface area contributed by atoms with Crippen LogP contribution in [0.4, 0.5) is 9.18 Å². The van der Waals surface area contributed by atoms with E-state index in [1.54, 1.807) is 19.1 Å². The Morgan fingerprint density at radius 3 is 2.84 bits per heavy atom. The van der Waals surface area contributed by atoms with Crippen molar-refractivity contribution in [2.45, 2.75) is 19.4 Å². The van der Waals surface area contributed by atoms with Crippen molar-refractivity contribution in [1.82, 2.24) is 10.6 Å². The highest BCUT2D eigenvalue weighted by molar-refractivity contribution is 5.73. The second kappa shape index (κ2) is 8.31. The van der Waals surface area contributed by atoms with Crippen LogP contribution in [0, 0.1) is 5.82 Å². The molecule has 1 unspecified atom stereocenters. The lowest BCUT2D eigenvalue weighted by Gasteiger charge is -2.09. The molecule has 0 aliphatic heterocycles. The van der Waals surface area contributed by atoms with Gasteiger partial charge in [-0.3, -0.25) is 0 Å². The predicted octanol–water partition coefficient (Wildman–Crippen LogP) is 1.27. The number of halogens is 1. The Morgan fingerprint density at radius 2 is 2.16 bits per heavy atom. The van der Waals surface area contributed by atoms with Crippen molar-refractivity contribution in [2.24, 2.45) is 0 Å². The van der Waals surface area contributed by atoms with Crippen molar-refractivity contribution in [3.05, 3.63) is 30.1 Å². The Kier molecular flexibility index (Phi) is 6.67. The molecule has 0 spiro atoms. The lowest BCUT2D eigenvalue weighted by atomic mass is 10.3. The van der Waals surface area contributed by atoms with Gasteiger partial charge in [-0.1, -0.05) is 6.07 Å². The molecule has 0 fully saturated rings. The van der Waals surface area contributed by atoms with Gasteiger partial charge in [-0.25, -0.2) is 9.18 Å². The number of rotatable bonds is 7. The highest BCUT2D eigenvalue weighted by Crippen LogP contribution is 2.11.